The van der Waals surface area contributed by atoms with Gasteiger partial charge in [-0.25, -0.2) is 0 Å². The molecular weight excluding hydrogens is 176 g/mol. The van der Waals surface area contributed by atoms with Gasteiger partial charge in [-0.3, -0.25) is 0 Å². The number of aromatic amines is 1. The summed E-state index contributed by atoms with van der Waals surface area (Å²) in [6, 6.07) is 6.02. The first-order valence-corrected chi connectivity index (χ1v) is 4.74. The van der Waals surface area contributed by atoms with Crippen molar-refractivity contribution in [3.05, 3.63) is 23.9 Å². The molecule has 0 aromatic carbocycles. The third kappa shape index (κ3) is 1.45. The molecule has 3 nitrogen and oxygen atoms in total. The maximum absolute atomic E-state index is 5.06. The van der Waals surface area contributed by atoms with Crippen molar-refractivity contribution in [2.24, 2.45) is 0 Å². The fraction of sp³-hybridized carbons (Fsp3) is 0.364. The normalized spacial score (nSPS) is 11.1. The number of ether oxygens (including phenoxy) is 1. The van der Waals surface area contributed by atoms with E-state index in [9.17, 15) is 0 Å². The Balaban J connectivity index is 2.54. The summed E-state index contributed by atoms with van der Waals surface area (Å²) in [7, 11) is 1.63. The van der Waals surface area contributed by atoms with Crippen molar-refractivity contribution in [2.75, 3.05) is 7.11 Å². The van der Waals surface area contributed by atoms with Crippen LogP contribution >= 0.6 is 0 Å². The largest absolute Gasteiger partial charge is 0.481 e. The first-order valence-electron chi connectivity index (χ1n) is 4.74. The van der Waals surface area contributed by atoms with Gasteiger partial charge in [0, 0.05) is 17.1 Å². The van der Waals surface area contributed by atoms with Crippen LogP contribution in [0.4, 0.5) is 0 Å². The van der Waals surface area contributed by atoms with E-state index >= 15 is 0 Å². The summed E-state index contributed by atoms with van der Waals surface area (Å²) < 4.78 is 5.06. The summed E-state index contributed by atoms with van der Waals surface area (Å²) in [6.07, 6.45) is 0. The van der Waals surface area contributed by atoms with Gasteiger partial charge >= 0.3 is 0 Å². The Morgan fingerprint density at radius 2 is 2.14 bits per heavy atom. The Morgan fingerprint density at radius 3 is 2.79 bits per heavy atom. The van der Waals surface area contributed by atoms with E-state index in [1.165, 1.54) is 5.69 Å². The molecule has 0 saturated heterocycles. The summed E-state index contributed by atoms with van der Waals surface area (Å²) in [5.74, 6) is 1.14. The molecule has 0 amide bonds. The molecule has 0 aliphatic heterocycles. The molecule has 3 heteroatoms. The fourth-order valence-electron chi connectivity index (χ4n) is 1.43. The van der Waals surface area contributed by atoms with Crippen LogP contribution in [0.15, 0.2) is 18.2 Å². The number of hydrogen-bond acceptors (Lipinski definition) is 2. The molecule has 0 radical (unpaired) electrons. The highest BCUT2D eigenvalue weighted by Gasteiger charge is 2.05. The van der Waals surface area contributed by atoms with Crippen molar-refractivity contribution in [1.29, 1.82) is 0 Å². The number of nitrogens with zero attached hydrogens (tertiary/aromatic N) is 1. The molecule has 2 heterocycles. The van der Waals surface area contributed by atoms with E-state index in [-0.39, 0.29) is 0 Å². The SMILES string of the molecule is COc1ccc2cc(C(C)C)[nH]c2n1. The third-order valence-electron chi connectivity index (χ3n) is 2.31. The highest BCUT2D eigenvalue weighted by molar-refractivity contribution is 5.77. The van der Waals surface area contributed by atoms with Crippen LogP contribution in [0.2, 0.25) is 0 Å². The number of aromatic nitrogens is 2. The van der Waals surface area contributed by atoms with Gasteiger partial charge in [0.1, 0.15) is 5.65 Å². The second kappa shape index (κ2) is 3.33. The number of fused-ring (bicyclic) bond motifs is 1. The van der Waals surface area contributed by atoms with E-state index in [0.29, 0.717) is 11.8 Å². The molecule has 0 bridgehead atoms. The number of H-pyrrole nitrogens is 1. The lowest BCUT2D eigenvalue weighted by molar-refractivity contribution is 0.399. The first kappa shape index (κ1) is 9.06. The van der Waals surface area contributed by atoms with Crippen LogP contribution in [0.3, 0.4) is 0 Å². The number of nitrogens with one attached hydrogen (secondary N) is 1. The molecule has 2 rings (SSSR count). The average molecular weight is 190 g/mol. The topological polar surface area (TPSA) is 37.9 Å². The van der Waals surface area contributed by atoms with Crippen LogP contribution in [0.5, 0.6) is 5.88 Å². The van der Waals surface area contributed by atoms with Crippen LogP contribution < -0.4 is 4.74 Å². The van der Waals surface area contributed by atoms with Gasteiger partial charge in [-0.05, 0) is 18.1 Å². The smallest absolute Gasteiger partial charge is 0.214 e. The predicted octanol–water partition coefficient (Wildman–Crippen LogP) is 2.69. The van der Waals surface area contributed by atoms with Crippen molar-refractivity contribution < 1.29 is 4.74 Å². The Labute approximate surface area is 83.1 Å². The number of methoxy groups -OCH3 is 1. The fourth-order valence-corrected chi connectivity index (χ4v) is 1.43. The van der Waals surface area contributed by atoms with Gasteiger partial charge in [0.15, 0.2) is 0 Å². The average Bonchev–Trinajstić information content (AvgIpc) is 2.59. The molecule has 14 heavy (non-hydrogen) atoms. The Bertz CT molecular complexity index is 445. The summed E-state index contributed by atoms with van der Waals surface area (Å²) in [5, 5.41) is 1.13. The summed E-state index contributed by atoms with van der Waals surface area (Å²) >= 11 is 0. The van der Waals surface area contributed by atoms with Crippen molar-refractivity contribution >= 4 is 11.0 Å². The molecule has 0 unspecified atom stereocenters. The monoisotopic (exact) mass is 190 g/mol. The molecule has 1 N–H and O–H groups in total. The molecule has 0 aliphatic carbocycles. The van der Waals surface area contributed by atoms with E-state index in [4.69, 9.17) is 4.74 Å². The molecule has 74 valence electrons. The molecular formula is C11H14N2O. The van der Waals surface area contributed by atoms with Gasteiger partial charge in [-0.1, -0.05) is 13.8 Å². The van der Waals surface area contributed by atoms with E-state index < -0.39 is 0 Å². The minimum absolute atomic E-state index is 0.496. The van der Waals surface area contributed by atoms with Crippen LogP contribution in [-0.4, -0.2) is 17.1 Å². The van der Waals surface area contributed by atoms with Gasteiger partial charge in [-0.15, -0.1) is 0 Å². The van der Waals surface area contributed by atoms with Crippen molar-refractivity contribution in [1.82, 2.24) is 9.97 Å². The maximum atomic E-state index is 5.06. The minimum atomic E-state index is 0.496. The maximum Gasteiger partial charge on any atom is 0.214 e. The standard InChI is InChI=1S/C11H14N2O/c1-7(2)9-6-8-4-5-10(14-3)13-11(8)12-9/h4-7H,1-3H3,(H,12,13). The lowest BCUT2D eigenvalue weighted by atomic mass is 10.1. The van der Waals surface area contributed by atoms with Crippen LogP contribution in [0.1, 0.15) is 25.5 Å². The van der Waals surface area contributed by atoms with Gasteiger partial charge in [0.05, 0.1) is 7.11 Å². The van der Waals surface area contributed by atoms with Crippen molar-refractivity contribution in [2.45, 2.75) is 19.8 Å². The van der Waals surface area contributed by atoms with E-state index in [2.05, 4.69) is 29.9 Å². The van der Waals surface area contributed by atoms with Gasteiger partial charge in [0.2, 0.25) is 5.88 Å². The lowest BCUT2D eigenvalue weighted by Gasteiger charge is -1.98. The molecule has 0 atom stereocenters. The van der Waals surface area contributed by atoms with Crippen molar-refractivity contribution in [3.8, 4) is 5.88 Å². The molecule has 0 fully saturated rings. The van der Waals surface area contributed by atoms with Gasteiger partial charge in [-0.2, -0.15) is 4.98 Å². The van der Waals surface area contributed by atoms with E-state index in [0.717, 1.165) is 11.0 Å². The van der Waals surface area contributed by atoms with Crippen LogP contribution in [-0.2, 0) is 0 Å². The number of hydrogen-bond donors (Lipinski definition) is 1. The molecule has 0 aliphatic rings. The van der Waals surface area contributed by atoms with Gasteiger partial charge in [0.25, 0.3) is 0 Å². The second-order valence-corrected chi connectivity index (χ2v) is 3.67. The molecule has 0 saturated carbocycles. The zero-order valence-electron chi connectivity index (χ0n) is 8.66. The summed E-state index contributed by atoms with van der Waals surface area (Å²) in [5.41, 5.74) is 2.11. The zero-order valence-corrected chi connectivity index (χ0v) is 8.66. The first-order chi connectivity index (χ1) is 6.70. The Hall–Kier alpha value is -1.51. The zero-order chi connectivity index (χ0) is 10.1. The van der Waals surface area contributed by atoms with E-state index in [1.807, 2.05) is 12.1 Å². The Morgan fingerprint density at radius 1 is 1.36 bits per heavy atom. The third-order valence-corrected chi connectivity index (χ3v) is 2.31. The minimum Gasteiger partial charge on any atom is -0.481 e. The van der Waals surface area contributed by atoms with E-state index in [1.54, 1.807) is 7.11 Å². The highest BCUT2D eigenvalue weighted by Crippen LogP contribution is 2.21. The number of rotatable bonds is 2. The highest BCUT2D eigenvalue weighted by atomic mass is 16.5. The second-order valence-electron chi connectivity index (χ2n) is 3.67. The Kier molecular flexibility index (Phi) is 2.15. The van der Waals surface area contributed by atoms with Crippen molar-refractivity contribution in [3.63, 3.8) is 0 Å². The number of pyridine rings is 1. The predicted molar refractivity (Wildman–Crippen MR) is 56.7 cm³/mol. The summed E-state index contributed by atoms with van der Waals surface area (Å²) in [6.45, 7) is 4.31. The van der Waals surface area contributed by atoms with Crippen LogP contribution in [0, 0.1) is 0 Å². The quantitative estimate of drug-likeness (QED) is 0.790. The van der Waals surface area contributed by atoms with Crippen LogP contribution in [0.25, 0.3) is 11.0 Å². The molecule has 2 aromatic heterocycles. The molecule has 2 aromatic rings. The summed E-state index contributed by atoms with van der Waals surface area (Å²) in [4.78, 5) is 7.60. The lowest BCUT2D eigenvalue weighted by Crippen LogP contribution is -1.88. The van der Waals surface area contributed by atoms with Gasteiger partial charge < -0.3 is 9.72 Å². The molecule has 0 spiro atoms.